The predicted molar refractivity (Wildman–Crippen MR) is 94.8 cm³/mol. The molecule has 0 spiro atoms. The van der Waals surface area contributed by atoms with E-state index in [0.29, 0.717) is 12.0 Å². The van der Waals surface area contributed by atoms with E-state index in [2.05, 4.69) is 0 Å². The van der Waals surface area contributed by atoms with Crippen molar-refractivity contribution in [3.63, 3.8) is 0 Å². The van der Waals surface area contributed by atoms with Gasteiger partial charge in [-0.15, -0.1) is 0 Å². The van der Waals surface area contributed by atoms with Crippen LogP contribution in [-0.2, 0) is 4.79 Å². The summed E-state index contributed by atoms with van der Waals surface area (Å²) >= 11 is 1.82. The molecule has 0 amide bonds. The molecule has 0 saturated carbocycles. The summed E-state index contributed by atoms with van der Waals surface area (Å²) in [6.45, 7) is 1.75. The number of hydrogen-bond acceptors (Lipinski definition) is 5. The molecule has 0 N–H and O–H groups in total. The molecule has 4 rings (SSSR count). The van der Waals surface area contributed by atoms with Gasteiger partial charge in [-0.05, 0) is 37.5 Å². The van der Waals surface area contributed by atoms with Crippen molar-refractivity contribution in [1.82, 2.24) is 0 Å². The lowest BCUT2D eigenvalue weighted by Gasteiger charge is -2.33. The summed E-state index contributed by atoms with van der Waals surface area (Å²) in [5, 5.41) is 11.5. The van der Waals surface area contributed by atoms with Crippen LogP contribution in [0.2, 0.25) is 0 Å². The third-order valence-electron chi connectivity index (χ3n) is 5.09. The number of Topliss-reactive ketones (excluding diaryl/α,β-unsaturated/α-hetero) is 1. The van der Waals surface area contributed by atoms with E-state index in [1.165, 1.54) is 0 Å². The van der Waals surface area contributed by atoms with Gasteiger partial charge in [-0.25, -0.2) is 0 Å². The molecule has 2 aliphatic heterocycles. The number of benzene rings is 1. The molecule has 6 heteroatoms. The van der Waals surface area contributed by atoms with Crippen molar-refractivity contribution in [2.75, 3.05) is 5.75 Å². The third kappa shape index (κ3) is 2.40. The SMILES string of the molecule is Cc1ccc(C2C3=C(CCCC3=O)N=C3CCSC32)cc1[N+](=O)[O-]. The number of nitro groups is 1. The maximum Gasteiger partial charge on any atom is 0.272 e. The van der Waals surface area contributed by atoms with Crippen molar-refractivity contribution >= 4 is 28.9 Å². The van der Waals surface area contributed by atoms with Crippen LogP contribution in [0, 0.1) is 17.0 Å². The number of fused-ring (bicyclic) bond motifs is 1. The zero-order valence-corrected chi connectivity index (χ0v) is 14.3. The quantitative estimate of drug-likeness (QED) is 0.602. The molecular weight excluding hydrogens is 324 g/mol. The number of nitrogens with zero attached hydrogens (tertiary/aromatic N) is 2. The van der Waals surface area contributed by atoms with Crippen LogP contribution in [0.1, 0.15) is 42.7 Å². The van der Waals surface area contributed by atoms with Gasteiger partial charge >= 0.3 is 0 Å². The van der Waals surface area contributed by atoms with Gasteiger partial charge in [-0.3, -0.25) is 19.9 Å². The standard InChI is InChI=1S/C18H18N2O3S/c1-10-5-6-11(9-14(10)20(22)23)16-17-12(3-2-4-15(17)21)19-13-7-8-24-18(13)16/h5-6,9,16,18H,2-4,7-8H2,1H3. The number of nitro benzene ring substituents is 1. The second-order valence-corrected chi connectivity index (χ2v) is 7.81. The summed E-state index contributed by atoms with van der Waals surface area (Å²) in [6, 6.07) is 5.40. The van der Waals surface area contributed by atoms with Crippen LogP contribution in [0.15, 0.2) is 34.5 Å². The van der Waals surface area contributed by atoms with E-state index in [-0.39, 0.29) is 27.6 Å². The Hall–Kier alpha value is -1.95. The van der Waals surface area contributed by atoms with Gasteiger partial charge in [0.2, 0.25) is 0 Å². The topological polar surface area (TPSA) is 72.6 Å². The zero-order chi connectivity index (χ0) is 16.8. The second-order valence-electron chi connectivity index (χ2n) is 6.56. The Morgan fingerprint density at radius 2 is 2.12 bits per heavy atom. The van der Waals surface area contributed by atoms with E-state index in [9.17, 15) is 14.9 Å². The van der Waals surface area contributed by atoms with Crippen LogP contribution in [0.5, 0.6) is 0 Å². The first-order valence-electron chi connectivity index (χ1n) is 8.26. The number of carbonyl (C=O) groups excluding carboxylic acids is 1. The van der Waals surface area contributed by atoms with Crippen molar-refractivity contribution < 1.29 is 9.72 Å². The van der Waals surface area contributed by atoms with E-state index in [1.54, 1.807) is 19.1 Å². The molecule has 2 unspecified atom stereocenters. The van der Waals surface area contributed by atoms with Gasteiger partial charge in [0.15, 0.2) is 5.78 Å². The Bertz CT molecular complexity index is 812. The highest BCUT2D eigenvalue weighted by atomic mass is 32.2. The smallest absolute Gasteiger partial charge is 0.272 e. The number of allylic oxidation sites excluding steroid dienone is 2. The minimum Gasteiger partial charge on any atom is -0.294 e. The molecule has 0 bridgehead atoms. The van der Waals surface area contributed by atoms with Crippen molar-refractivity contribution in [3.05, 3.63) is 50.7 Å². The van der Waals surface area contributed by atoms with Crippen LogP contribution in [-0.4, -0.2) is 27.4 Å². The fourth-order valence-electron chi connectivity index (χ4n) is 3.94. The maximum atomic E-state index is 12.6. The van der Waals surface area contributed by atoms with Crippen molar-refractivity contribution in [3.8, 4) is 0 Å². The van der Waals surface area contributed by atoms with E-state index >= 15 is 0 Å². The molecule has 1 fully saturated rings. The van der Waals surface area contributed by atoms with Crippen LogP contribution in [0.3, 0.4) is 0 Å². The van der Waals surface area contributed by atoms with Gasteiger partial charge in [0.25, 0.3) is 5.69 Å². The van der Waals surface area contributed by atoms with E-state index in [4.69, 9.17) is 4.99 Å². The van der Waals surface area contributed by atoms with Gasteiger partial charge in [0, 0.05) is 41.0 Å². The van der Waals surface area contributed by atoms with Crippen LogP contribution in [0.25, 0.3) is 0 Å². The molecular formula is C18H18N2O3S. The molecule has 1 aliphatic carbocycles. The first kappa shape index (κ1) is 15.6. The highest BCUT2D eigenvalue weighted by Crippen LogP contribution is 2.48. The summed E-state index contributed by atoms with van der Waals surface area (Å²) in [7, 11) is 0. The van der Waals surface area contributed by atoms with Gasteiger partial charge < -0.3 is 0 Å². The zero-order valence-electron chi connectivity index (χ0n) is 13.4. The molecule has 24 heavy (non-hydrogen) atoms. The number of hydrogen-bond donors (Lipinski definition) is 0. The molecule has 5 nitrogen and oxygen atoms in total. The number of carbonyl (C=O) groups is 1. The molecule has 1 aromatic rings. The van der Waals surface area contributed by atoms with Gasteiger partial charge in [-0.2, -0.15) is 11.8 Å². The Morgan fingerprint density at radius 3 is 2.92 bits per heavy atom. The average Bonchev–Trinajstić information content (AvgIpc) is 3.01. The van der Waals surface area contributed by atoms with Gasteiger partial charge in [0.05, 0.1) is 10.2 Å². The molecule has 1 aromatic carbocycles. The Morgan fingerprint density at radius 1 is 1.29 bits per heavy atom. The molecule has 2 heterocycles. The summed E-state index contributed by atoms with van der Waals surface area (Å²) in [4.78, 5) is 28.4. The highest BCUT2D eigenvalue weighted by Gasteiger charge is 2.42. The fraction of sp³-hybridized carbons (Fsp3) is 0.444. The summed E-state index contributed by atoms with van der Waals surface area (Å²) < 4.78 is 0. The number of thioether (sulfide) groups is 1. The fourth-order valence-corrected chi connectivity index (χ4v) is 5.37. The highest BCUT2D eigenvalue weighted by molar-refractivity contribution is 8.01. The minimum atomic E-state index is -0.337. The lowest BCUT2D eigenvalue weighted by atomic mass is 9.77. The Kier molecular flexibility index (Phi) is 3.79. The van der Waals surface area contributed by atoms with Gasteiger partial charge in [-0.1, -0.05) is 12.1 Å². The molecule has 1 saturated heterocycles. The van der Waals surface area contributed by atoms with E-state index in [0.717, 1.165) is 47.6 Å². The largest absolute Gasteiger partial charge is 0.294 e. The minimum absolute atomic E-state index is 0.0906. The third-order valence-corrected chi connectivity index (χ3v) is 6.44. The number of aliphatic imine (C=N–C) groups is 1. The van der Waals surface area contributed by atoms with Crippen molar-refractivity contribution in [2.45, 2.75) is 43.8 Å². The predicted octanol–water partition coefficient (Wildman–Crippen LogP) is 3.95. The van der Waals surface area contributed by atoms with Gasteiger partial charge in [0.1, 0.15) is 0 Å². The first-order valence-corrected chi connectivity index (χ1v) is 9.31. The second kappa shape index (κ2) is 5.84. The van der Waals surface area contributed by atoms with Crippen LogP contribution >= 0.6 is 11.8 Å². The monoisotopic (exact) mass is 342 g/mol. The molecule has 2 atom stereocenters. The number of rotatable bonds is 2. The molecule has 124 valence electrons. The van der Waals surface area contributed by atoms with E-state index < -0.39 is 0 Å². The Balaban J connectivity index is 1.87. The maximum absolute atomic E-state index is 12.6. The van der Waals surface area contributed by atoms with E-state index in [1.807, 2.05) is 17.8 Å². The Labute approximate surface area is 144 Å². The number of aryl methyl sites for hydroxylation is 1. The average molecular weight is 342 g/mol. The number of ketones is 1. The summed E-state index contributed by atoms with van der Waals surface area (Å²) in [5.74, 6) is 1.08. The lowest BCUT2D eigenvalue weighted by Crippen LogP contribution is -2.32. The van der Waals surface area contributed by atoms with Crippen molar-refractivity contribution in [2.24, 2.45) is 4.99 Å². The summed E-state index contributed by atoms with van der Waals surface area (Å²) in [5.41, 5.74) is 4.54. The van der Waals surface area contributed by atoms with Crippen LogP contribution in [0.4, 0.5) is 5.69 Å². The van der Waals surface area contributed by atoms with Crippen LogP contribution < -0.4 is 0 Å². The molecule has 0 aromatic heterocycles. The normalized spacial score (nSPS) is 26.0. The lowest BCUT2D eigenvalue weighted by molar-refractivity contribution is -0.385. The molecule has 0 radical (unpaired) electrons. The first-order chi connectivity index (χ1) is 11.6. The van der Waals surface area contributed by atoms with Crippen molar-refractivity contribution in [1.29, 1.82) is 0 Å². The molecule has 3 aliphatic rings. The summed E-state index contributed by atoms with van der Waals surface area (Å²) in [6.07, 6.45) is 3.20.